The summed E-state index contributed by atoms with van der Waals surface area (Å²) >= 11 is 0. The Bertz CT molecular complexity index is 1650. The van der Waals surface area contributed by atoms with Crippen molar-refractivity contribution >= 4 is 11.8 Å². The molecule has 5 rings (SSSR count). The fraction of sp³-hybridized carbons (Fsp3) is 0.381. The Morgan fingerprint density at radius 1 is 0.784 bits per heavy atom. The molecule has 51 heavy (non-hydrogen) atoms. The van der Waals surface area contributed by atoms with Gasteiger partial charge in [0.05, 0.1) is 33.5 Å². The lowest BCUT2D eigenvalue weighted by molar-refractivity contribution is -0.138. The molecule has 1 saturated carbocycles. The van der Waals surface area contributed by atoms with Gasteiger partial charge in [-0.3, -0.25) is 9.59 Å². The van der Waals surface area contributed by atoms with Gasteiger partial charge in [-0.25, -0.2) is 0 Å². The van der Waals surface area contributed by atoms with E-state index in [4.69, 9.17) is 18.9 Å². The Kier molecular flexibility index (Phi) is 13.7. The van der Waals surface area contributed by atoms with Crippen LogP contribution in [-0.4, -0.2) is 68.4 Å². The molecule has 0 saturated heterocycles. The molecule has 1 fully saturated rings. The first-order valence-electron chi connectivity index (χ1n) is 17.8. The van der Waals surface area contributed by atoms with E-state index in [1.165, 1.54) is 14.2 Å². The molecule has 4 aromatic rings. The van der Waals surface area contributed by atoms with Crippen LogP contribution in [0.15, 0.2) is 97.1 Å². The number of nitrogens with zero attached hydrogens (tertiary/aromatic N) is 1. The number of benzene rings is 4. The fourth-order valence-corrected chi connectivity index (χ4v) is 6.59. The normalized spacial score (nSPS) is 14.2. The van der Waals surface area contributed by atoms with Gasteiger partial charge in [-0.15, -0.1) is 0 Å². The molecule has 4 aromatic carbocycles. The third-order valence-corrected chi connectivity index (χ3v) is 9.53. The van der Waals surface area contributed by atoms with Crippen molar-refractivity contribution in [2.24, 2.45) is 5.92 Å². The van der Waals surface area contributed by atoms with Crippen LogP contribution in [0.5, 0.6) is 23.0 Å². The third kappa shape index (κ3) is 10.5. The molecular formula is C42H50N2O7. The SMILES string of the molecule is COc1ccc(CCN(CC(O)C(Cc2ccccc2)NC(=O)c2cc(OC)c(OCc3ccccc3)c(OC)c2)C(=O)C2CCCCC2)cc1. The van der Waals surface area contributed by atoms with Crippen molar-refractivity contribution in [2.75, 3.05) is 34.4 Å². The molecule has 2 unspecified atom stereocenters. The second-order valence-corrected chi connectivity index (χ2v) is 13.0. The number of nitrogens with one attached hydrogen (secondary N) is 1. The summed E-state index contributed by atoms with van der Waals surface area (Å²) in [5, 5.41) is 15.0. The molecule has 0 bridgehead atoms. The van der Waals surface area contributed by atoms with Gasteiger partial charge in [0.2, 0.25) is 11.7 Å². The zero-order valence-corrected chi connectivity index (χ0v) is 29.9. The smallest absolute Gasteiger partial charge is 0.251 e. The van der Waals surface area contributed by atoms with E-state index < -0.39 is 18.1 Å². The Labute approximate surface area is 301 Å². The number of aliphatic hydroxyl groups excluding tert-OH is 1. The number of ether oxygens (including phenoxy) is 4. The van der Waals surface area contributed by atoms with Crippen LogP contribution in [-0.2, 0) is 24.2 Å². The highest BCUT2D eigenvalue weighted by Crippen LogP contribution is 2.39. The summed E-state index contributed by atoms with van der Waals surface area (Å²) in [6, 6.07) is 29.8. The first-order valence-corrected chi connectivity index (χ1v) is 17.8. The zero-order valence-electron chi connectivity index (χ0n) is 29.9. The molecule has 9 nitrogen and oxygen atoms in total. The van der Waals surface area contributed by atoms with Gasteiger partial charge in [0.15, 0.2) is 11.5 Å². The average Bonchev–Trinajstić information content (AvgIpc) is 3.18. The van der Waals surface area contributed by atoms with Gasteiger partial charge in [-0.1, -0.05) is 92.1 Å². The Morgan fingerprint density at radius 2 is 1.39 bits per heavy atom. The second-order valence-electron chi connectivity index (χ2n) is 13.0. The maximum atomic E-state index is 14.0. The summed E-state index contributed by atoms with van der Waals surface area (Å²) in [5.74, 6) is 1.43. The lowest BCUT2D eigenvalue weighted by atomic mass is 9.88. The molecule has 1 aliphatic carbocycles. The molecular weight excluding hydrogens is 644 g/mol. The Balaban J connectivity index is 1.36. The highest BCUT2D eigenvalue weighted by molar-refractivity contribution is 5.96. The van der Waals surface area contributed by atoms with Gasteiger partial charge in [-0.2, -0.15) is 0 Å². The molecule has 0 radical (unpaired) electrons. The summed E-state index contributed by atoms with van der Waals surface area (Å²) < 4.78 is 22.7. The van der Waals surface area contributed by atoms with Crippen LogP contribution >= 0.6 is 0 Å². The van der Waals surface area contributed by atoms with Crippen molar-refractivity contribution < 1.29 is 33.6 Å². The number of carbonyl (C=O) groups is 2. The lowest BCUT2D eigenvalue weighted by Gasteiger charge is -2.33. The van der Waals surface area contributed by atoms with Gasteiger partial charge in [0, 0.05) is 24.6 Å². The van der Waals surface area contributed by atoms with E-state index >= 15 is 0 Å². The first-order chi connectivity index (χ1) is 24.9. The minimum atomic E-state index is -1.05. The number of hydrogen-bond acceptors (Lipinski definition) is 7. The van der Waals surface area contributed by atoms with Crippen molar-refractivity contribution in [3.8, 4) is 23.0 Å². The summed E-state index contributed by atoms with van der Waals surface area (Å²) in [5.41, 5.74) is 3.28. The largest absolute Gasteiger partial charge is 0.497 e. The van der Waals surface area contributed by atoms with E-state index in [1.807, 2.05) is 84.9 Å². The number of carbonyl (C=O) groups excluding carboxylic acids is 2. The van der Waals surface area contributed by atoms with Gasteiger partial charge in [0.1, 0.15) is 12.4 Å². The van der Waals surface area contributed by atoms with E-state index in [9.17, 15) is 14.7 Å². The van der Waals surface area contributed by atoms with Crippen LogP contribution in [0.25, 0.3) is 0 Å². The predicted molar refractivity (Wildman–Crippen MR) is 198 cm³/mol. The van der Waals surface area contributed by atoms with Gasteiger partial charge in [-0.05, 0) is 66.6 Å². The molecule has 0 aromatic heterocycles. The fourth-order valence-electron chi connectivity index (χ4n) is 6.59. The summed E-state index contributed by atoms with van der Waals surface area (Å²) in [6.45, 7) is 0.824. The van der Waals surface area contributed by atoms with Crippen molar-refractivity contribution in [3.05, 3.63) is 119 Å². The highest BCUT2D eigenvalue weighted by atomic mass is 16.5. The molecule has 0 heterocycles. The summed E-state index contributed by atoms with van der Waals surface area (Å²) in [4.78, 5) is 29.7. The number of hydrogen-bond donors (Lipinski definition) is 2. The van der Waals surface area contributed by atoms with Crippen LogP contribution in [0, 0.1) is 5.92 Å². The van der Waals surface area contributed by atoms with Crippen molar-refractivity contribution in [2.45, 2.75) is 63.7 Å². The monoisotopic (exact) mass is 694 g/mol. The topological polar surface area (TPSA) is 107 Å². The molecule has 1 aliphatic rings. The van der Waals surface area contributed by atoms with Crippen molar-refractivity contribution in [1.29, 1.82) is 0 Å². The summed E-state index contributed by atoms with van der Waals surface area (Å²) in [6.07, 6.45) is 4.85. The van der Waals surface area contributed by atoms with Crippen LogP contribution < -0.4 is 24.3 Å². The Hall–Kier alpha value is -5.02. The number of aliphatic hydroxyl groups is 1. The standard InChI is InChI=1S/C42H50N2O7/c1-48-35-21-19-30(20-22-35)23-24-44(42(47)33-17-11-6-12-18-33)28-37(45)36(25-31-13-7-4-8-14-31)43-41(46)34-26-38(49-2)40(39(27-34)50-3)51-29-32-15-9-5-10-16-32/h4-5,7-10,13-16,19-22,26-27,33,36-37,45H,6,11-12,17-18,23-25,28-29H2,1-3H3,(H,43,46). The first kappa shape index (κ1) is 37.2. The van der Waals surface area contributed by atoms with Gasteiger partial charge < -0.3 is 34.3 Å². The Morgan fingerprint density at radius 3 is 1.98 bits per heavy atom. The molecule has 9 heteroatoms. The lowest BCUT2D eigenvalue weighted by Crippen LogP contribution is -2.51. The minimum Gasteiger partial charge on any atom is -0.497 e. The quantitative estimate of drug-likeness (QED) is 0.128. The number of rotatable bonds is 17. The minimum absolute atomic E-state index is 0.0626. The maximum Gasteiger partial charge on any atom is 0.251 e. The average molecular weight is 695 g/mol. The van der Waals surface area contributed by atoms with Crippen LogP contribution in [0.3, 0.4) is 0 Å². The van der Waals surface area contributed by atoms with E-state index in [2.05, 4.69) is 5.32 Å². The van der Waals surface area contributed by atoms with Crippen molar-refractivity contribution in [3.63, 3.8) is 0 Å². The van der Waals surface area contributed by atoms with Gasteiger partial charge in [0.25, 0.3) is 5.91 Å². The second kappa shape index (κ2) is 18.8. The van der Waals surface area contributed by atoms with Crippen molar-refractivity contribution in [1.82, 2.24) is 10.2 Å². The maximum absolute atomic E-state index is 14.0. The molecule has 2 atom stereocenters. The van der Waals surface area contributed by atoms with E-state index in [0.29, 0.717) is 43.2 Å². The third-order valence-electron chi connectivity index (χ3n) is 9.53. The van der Waals surface area contributed by atoms with Gasteiger partial charge >= 0.3 is 0 Å². The van der Waals surface area contributed by atoms with E-state index in [0.717, 1.165) is 54.5 Å². The zero-order chi connectivity index (χ0) is 36.0. The molecule has 2 N–H and O–H groups in total. The highest BCUT2D eigenvalue weighted by Gasteiger charge is 2.31. The van der Waals surface area contributed by atoms with E-state index in [1.54, 1.807) is 24.1 Å². The molecule has 270 valence electrons. The van der Waals surface area contributed by atoms with Crippen LogP contribution in [0.1, 0.15) is 59.2 Å². The van der Waals surface area contributed by atoms with Crippen LogP contribution in [0.2, 0.25) is 0 Å². The number of methoxy groups -OCH3 is 3. The number of amides is 2. The summed E-state index contributed by atoms with van der Waals surface area (Å²) in [7, 11) is 4.66. The molecule has 2 amide bonds. The molecule has 0 spiro atoms. The van der Waals surface area contributed by atoms with E-state index in [-0.39, 0.29) is 23.9 Å². The molecule has 0 aliphatic heterocycles. The predicted octanol–water partition coefficient (Wildman–Crippen LogP) is 6.65. The van der Waals surface area contributed by atoms with Crippen LogP contribution in [0.4, 0.5) is 0 Å².